The summed E-state index contributed by atoms with van der Waals surface area (Å²) in [5, 5.41) is 4.43. The monoisotopic (exact) mass is 270 g/mol. The smallest absolute Gasteiger partial charge is 0.245 e. The van der Waals surface area contributed by atoms with Gasteiger partial charge in [0, 0.05) is 12.3 Å². The van der Waals surface area contributed by atoms with Crippen LogP contribution in [0.5, 0.6) is 0 Å². The Morgan fingerprint density at radius 3 is 2.44 bits per heavy atom. The molecule has 1 aromatic rings. The number of hydrogen-bond donors (Lipinski definition) is 0. The molecule has 1 aromatic heterocycles. The van der Waals surface area contributed by atoms with Gasteiger partial charge < -0.3 is 0 Å². The molecule has 100 valence electrons. The Bertz CT molecular complexity index is 567. The zero-order valence-electron chi connectivity index (χ0n) is 11.3. The van der Waals surface area contributed by atoms with Crippen LogP contribution in [0.3, 0.4) is 0 Å². The van der Waals surface area contributed by atoms with E-state index in [0.29, 0.717) is 11.7 Å². The molecule has 0 saturated carbocycles. The van der Waals surface area contributed by atoms with Crippen molar-refractivity contribution in [2.45, 2.75) is 39.4 Å². The van der Waals surface area contributed by atoms with Crippen LogP contribution < -0.4 is 11.4 Å². The van der Waals surface area contributed by atoms with Crippen molar-refractivity contribution in [1.82, 2.24) is 14.2 Å². The Kier molecular flexibility index (Phi) is 4.89. The van der Waals surface area contributed by atoms with Gasteiger partial charge in [-0.05, 0) is 26.0 Å². The second kappa shape index (κ2) is 5.99. The molecule has 0 saturated heterocycles. The molecule has 0 radical (unpaired) electrons. The first-order valence-corrected chi connectivity index (χ1v) is 6.89. The Balaban J connectivity index is 3.54. The molecule has 0 unspecified atom stereocenters. The summed E-state index contributed by atoms with van der Waals surface area (Å²) in [7, 11) is 0. The molecule has 6 nitrogen and oxygen atoms in total. The first-order chi connectivity index (χ1) is 8.36. The first kappa shape index (κ1) is 14.7. The van der Waals surface area contributed by atoms with E-state index in [0.717, 1.165) is 10.3 Å². The summed E-state index contributed by atoms with van der Waals surface area (Å²) in [4.78, 5) is 27.9. The van der Waals surface area contributed by atoms with Crippen LogP contribution in [0, 0.1) is 5.92 Å². The number of rotatable bonds is 4. The third-order valence-corrected chi connectivity index (χ3v) is 2.68. The summed E-state index contributed by atoms with van der Waals surface area (Å²) in [6.45, 7) is 7.79. The van der Waals surface area contributed by atoms with Crippen molar-refractivity contribution in [3.05, 3.63) is 21.0 Å². The largest absolute Gasteiger partial charge is 0.355 e. The van der Waals surface area contributed by atoms with Gasteiger partial charge in [0.05, 0.1) is 0 Å². The lowest BCUT2D eigenvalue weighted by atomic mass is 10.2. The van der Waals surface area contributed by atoms with Crippen molar-refractivity contribution in [3.8, 4) is 0 Å². The summed E-state index contributed by atoms with van der Waals surface area (Å²) < 4.78 is 2.31. The molecule has 0 aliphatic rings. The predicted octanol–water partition coefficient (Wildman–Crippen LogP) is 1.03. The molecule has 0 spiro atoms. The minimum atomic E-state index is -0.516. The fraction of sp³-hybridized carbons (Fsp3) is 0.636. The van der Waals surface area contributed by atoms with Gasteiger partial charge in [-0.3, -0.25) is 0 Å². The van der Waals surface area contributed by atoms with Gasteiger partial charge >= 0.3 is 11.4 Å². The SMILES string of the molecule is CSc1nc(=O)n(CC(C)C)c(=O)n1N=C(C)C. The lowest BCUT2D eigenvalue weighted by Crippen LogP contribution is -2.42. The summed E-state index contributed by atoms with van der Waals surface area (Å²) in [5.41, 5.74) is -0.226. The Labute approximate surface area is 110 Å². The molecule has 0 aliphatic heterocycles. The van der Waals surface area contributed by atoms with Gasteiger partial charge in [0.1, 0.15) is 0 Å². The zero-order valence-corrected chi connectivity index (χ0v) is 12.1. The maximum atomic E-state index is 12.2. The average molecular weight is 270 g/mol. The highest BCUT2D eigenvalue weighted by atomic mass is 32.2. The fourth-order valence-corrected chi connectivity index (χ4v) is 1.87. The second-order valence-corrected chi connectivity index (χ2v) is 5.30. The Morgan fingerprint density at radius 1 is 1.39 bits per heavy atom. The van der Waals surface area contributed by atoms with Crippen molar-refractivity contribution in [3.63, 3.8) is 0 Å². The van der Waals surface area contributed by atoms with E-state index in [1.807, 2.05) is 13.8 Å². The summed E-state index contributed by atoms with van der Waals surface area (Å²) in [6, 6.07) is 0. The van der Waals surface area contributed by atoms with Crippen molar-refractivity contribution in [1.29, 1.82) is 0 Å². The number of hydrogen-bond acceptors (Lipinski definition) is 5. The van der Waals surface area contributed by atoms with Gasteiger partial charge in [-0.25, -0.2) is 14.2 Å². The van der Waals surface area contributed by atoms with Crippen molar-refractivity contribution in [2.75, 3.05) is 6.26 Å². The molecule has 7 heteroatoms. The van der Waals surface area contributed by atoms with E-state index in [4.69, 9.17) is 0 Å². The van der Waals surface area contributed by atoms with Gasteiger partial charge in [0.25, 0.3) is 0 Å². The Hall–Kier alpha value is -1.37. The van der Waals surface area contributed by atoms with Gasteiger partial charge in [-0.1, -0.05) is 25.6 Å². The number of aromatic nitrogens is 3. The van der Waals surface area contributed by atoms with E-state index in [1.54, 1.807) is 20.1 Å². The van der Waals surface area contributed by atoms with Crippen molar-refractivity contribution in [2.24, 2.45) is 11.0 Å². The molecular formula is C11H18N4O2S. The summed E-state index contributed by atoms with van der Waals surface area (Å²) in [6.07, 6.45) is 1.75. The molecule has 0 N–H and O–H groups in total. The normalized spacial score (nSPS) is 10.8. The van der Waals surface area contributed by atoms with Crippen molar-refractivity contribution < 1.29 is 0 Å². The minimum Gasteiger partial charge on any atom is -0.245 e. The van der Waals surface area contributed by atoms with Crippen molar-refractivity contribution >= 4 is 17.5 Å². The third kappa shape index (κ3) is 3.32. The molecule has 1 heterocycles. The molecule has 0 fully saturated rings. The van der Waals surface area contributed by atoms with E-state index in [2.05, 4.69) is 10.1 Å². The predicted molar refractivity (Wildman–Crippen MR) is 73.6 cm³/mol. The lowest BCUT2D eigenvalue weighted by Gasteiger charge is -2.10. The van der Waals surface area contributed by atoms with Crippen LogP contribution in [-0.2, 0) is 6.54 Å². The fourth-order valence-electron chi connectivity index (χ4n) is 1.41. The maximum absolute atomic E-state index is 12.2. The summed E-state index contributed by atoms with van der Waals surface area (Å²) in [5.74, 6) is 0.192. The van der Waals surface area contributed by atoms with Crippen LogP contribution in [0.15, 0.2) is 19.8 Å². The molecule has 0 aliphatic carbocycles. The average Bonchev–Trinajstić information content (AvgIpc) is 2.27. The van der Waals surface area contributed by atoms with Gasteiger partial charge in [-0.2, -0.15) is 14.8 Å². The van der Waals surface area contributed by atoms with E-state index < -0.39 is 11.4 Å². The molecule has 0 bridgehead atoms. The number of nitrogens with zero attached hydrogens (tertiary/aromatic N) is 4. The number of thioether (sulfide) groups is 1. The van der Waals surface area contributed by atoms with Gasteiger partial charge in [-0.15, -0.1) is 0 Å². The van der Waals surface area contributed by atoms with E-state index >= 15 is 0 Å². The molecule has 0 atom stereocenters. The molecule has 0 aromatic carbocycles. The van der Waals surface area contributed by atoms with Crippen LogP contribution in [0.2, 0.25) is 0 Å². The highest BCUT2D eigenvalue weighted by molar-refractivity contribution is 7.98. The molecule has 0 amide bonds. The van der Waals surface area contributed by atoms with Crippen LogP contribution in [0.4, 0.5) is 0 Å². The highest BCUT2D eigenvalue weighted by Gasteiger charge is 2.12. The summed E-state index contributed by atoms with van der Waals surface area (Å²) >= 11 is 1.22. The topological polar surface area (TPSA) is 69.2 Å². The minimum absolute atomic E-state index is 0.192. The van der Waals surface area contributed by atoms with Crippen LogP contribution in [0.1, 0.15) is 27.7 Å². The lowest BCUT2D eigenvalue weighted by molar-refractivity contribution is 0.448. The molecular weight excluding hydrogens is 252 g/mol. The van der Waals surface area contributed by atoms with Crippen LogP contribution in [0.25, 0.3) is 0 Å². The van der Waals surface area contributed by atoms with Crippen LogP contribution >= 0.6 is 11.8 Å². The molecule has 1 rings (SSSR count). The highest BCUT2D eigenvalue weighted by Crippen LogP contribution is 2.07. The van der Waals surface area contributed by atoms with Crippen LogP contribution in [-0.4, -0.2) is 26.2 Å². The van der Waals surface area contributed by atoms with Gasteiger partial charge in [0.15, 0.2) is 5.16 Å². The maximum Gasteiger partial charge on any atom is 0.355 e. The molecule has 18 heavy (non-hydrogen) atoms. The second-order valence-electron chi connectivity index (χ2n) is 4.53. The van der Waals surface area contributed by atoms with E-state index in [9.17, 15) is 9.59 Å². The van der Waals surface area contributed by atoms with E-state index in [1.165, 1.54) is 16.4 Å². The third-order valence-electron chi connectivity index (χ3n) is 2.05. The van der Waals surface area contributed by atoms with Gasteiger partial charge in [0.2, 0.25) is 0 Å². The standard InChI is InChI=1S/C11H18N4O2S/c1-7(2)6-14-9(16)12-10(18-5)15(11(14)17)13-8(3)4/h7H,6H2,1-5H3. The van der Waals surface area contributed by atoms with E-state index in [-0.39, 0.29) is 5.92 Å². The zero-order chi connectivity index (χ0) is 13.9. The first-order valence-electron chi connectivity index (χ1n) is 5.67. The quantitative estimate of drug-likeness (QED) is 0.605. The Morgan fingerprint density at radius 2 is 2.00 bits per heavy atom.